The fourth-order valence-electron chi connectivity index (χ4n) is 15.1. The molecule has 1 unspecified atom stereocenters. The first-order valence-electron chi connectivity index (χ1n) is 42.7. The lowest BCUT2D eigenvalue weighted by atomic mass is 9.92. The summed E-state index contributed by atoms with van der Waals surface area (Å²) in [5, 5.41) is 53.2. The normalized spacial score (nSPS) is 22.0. The number of fused-ring (bicyclic) bond motifs is 1. The zero-order valence-corrected chi connectivity index (χ0v) is 74.4. The fourth-order valence-corrected chi connectivity index (χ4v) is 16.2. The van der Waals surface area contributed by atoms with Gasteiger partial charge in [-0.3, -0.25) is 76.7 Å². The van der Waals surface area contributed by atoms with Gasteiger partial charge in [0.2, 0.25) is 76.8 Å². The third-order valence-corrected chi connectivity index (χ3v) is 23.3. The van der Waals surface area contributed by atoms with Crippen LogP contribution < -0.4 is 48.3 Å². The van der Waals surface area contributed by atoms with Crippen molar-refractivity contribution in [3.63, 3.8) is 0 Å². The Hall–Kier alpha value is -13.3. The topological polar surface area (TPSA) is 485 Å². The molecule has 13 amide bonds. The Morgan fingerprint density at radius 1 is 0.492 bits per heavy atom. The maximum atomic E-state index is 15.4. The maximum absolute atomic E-state index is 15.4. The molecule has 1 aliphatic heterocycles. The number of Topliss-reactive ketones (excluding diaryl/α,β-unsaturated/α-hetero) is 2. The van der Waals surface area contributed by atoms with Gasteiger partial charge in [0.05, 0.1) is 43.8 Å². The molecule has 33 nitrogen and oxygen atoms in total. The van der Waals surface area contributed by atoms with Crippen LogP contribution in [0.15, 0.2) is 170 Å². The number of carboxylic acid groups (broad SMARTS) is 1. The van der Waals surface area contributed by atoms with E-state index in [1.165, 1.54) is 81.6 Å². The van der Waals surface area contributed by atoms with E-state index in [2.05, 4.69) is 47.5 Å². The minimum atomic E-state index is -1.90. The second-order valence-electron chi connectivity index (χ2n) is 33.3. The third kappa shape index (κ3) is 30.8. The van der Waals surface area contributed by atoms with Crippen LogP contribution in [0.5, 0.6) is 11.5 Å². The van der Waals surface area contributed by atoms with Crippen molar-refractivity contribution in [2.75, 3.05) is 59.3 Å². The molecule has 11 atom stereocenters. The van der Waals surface area contributed by atoms with Crippen LogP contribution in [0, 0.1) is 23.7 Å². The van der Waals surface area contributed by atoms with Gasteiger partial charge in [-0.05, 0) is 94.8 Å². The highest BCUT2D eigenvalue weighted by molar-refractivity contribution is 8.00. The Balaban J connectivity index is 1.20. The molecule has 684 valence electrons. The molecule has 6 aromatic carbocycles. The molecule has 128 heavy (non-hydrogen) atoms. The van der Waals surface area contributed by atoms with Crippen molar-refractivity contribution in [3.8, 4) is 11.5 Å². The molecule has 0 saturated carbocycles. The Morgan fingerprint density at radius 2 is 0.961 bits per heavy atom. The number of unbranched alkanes of at least 4 members (excludes halogenated alkanes) is 1. The van der Waals surface area contributed by atoms with Gasteiger partial charge in [-0.2, -0.15) is 11.8 Å². The molecule has 1 saturated heterocycles. The Kier molecular flexibility index (Phi) is 38.3. The van der Waals surface area contributed by atoms with Gasteiger partial charge in [-0.15, -0.1) is 0 Å². The van der Waals surface area contributed by atoms with Crippen LogP contribution in [0.4, 0.5) is 0 Å². The number of aromatic nitrogens is 1. The Morgan fingerprint density at radius 3 is 1.51 bits per heavy atom. The monoisotopic (exact) mass is 1780 g/mol. The van der Waals surface area contributed by atoms with E-state index in [1.807, 2.05) is 6.92 Å². The first-order valence-corrected chi connectivity index (χ1v) is 43.9. The highest BCUT2D eigenvalue weighted by Crippen LogP contribution is 2.26. The average molecular weight is 1780 g/mol. The third-order valence-electron chi connectivity index (χ3n) is 22.2. The highest BCUT2D eigenvalue weighted by atomic mass is 32.2. The van der Waals surface area contributed by atoms with Crippen LogP contribution in [-0.2, 0) is 115 Å². The van der Waals surface area contributed by atoms with Crippen LogP contribution in [0.25, 0.3) is 10.9 Å². The number of primary amides is 1. The van der Waals surface area contributed by atoms with Crippen LogP contribution in [0.1, 0.15) is 113 Å². The number of hydrogen-bond acceptors (Lipinski definition) is 19. The molecule has 0 spiro atoms. The lowest BCUT2D eigenvalue weighted by Gasteiger charge is -2.34. The number of amides is 13. The van der Waals surface area contributed by atoms with E-state index in [0.29, 0.717) is 57.1 Å². The van der Waals surface area contributed by atoms with Crippen molar-refractivity contribution in [2.24, 2.45) is 29.4 Å². The lowest BCUT2D eigenvalue weighted by Crippen LogP contribution is -2.61. The largest absolute Gasteiger partial charge is 0.508 e. The fraction of sp³-hybridized carbons (Fsp3) is 0.426. The van der Waals surface area contributed by atoms with E-state index in [4.69, 9.17) is 5.73 Å². The summed E-state index contributed by atoms with van der Waals surface area (Å²) >= 11 is 0.946. The van der Waals surface area contributed by atoms with E-state index in [-0.39, 0.29) is 80.3 Å². The predicted octanol–water partition coefficient (Wildman–Crippen LogP) is 4.17. The number of benzene rings is 6. The van der Waals surface area contributed by atoms with Gasteiger partial charge < -0.3 is 88.2 Å². The number of aliphatic carboxylic acids is 1. The standard InChI is InChI=1S/C94H118N14O19S/c1-10-11-31-77-93(126)106(7)53-82(115)99-74(49-83(116)117)89(122)104-84(57(4)5)94(127)108(9)78(45-60-27-19-14-20-28-60)90(123)103-75(44-62-34-38-67(110)39-35-62)91(124)105(6)52-81(114)98-73(47-64-50-96-70-30-22-21-29-69(64)70)88(121)101-72(42-61-32-36-66(109)37-33-61)87(120)100-71(40-56(2)3)79(112)48-65(85(118)97-51-80(95)113)54-128-55-68(111)46-63(41-58-23-15-12-16-24-58)86(119)102-76(92(125)107(77)8)43-59-25-17-13-18-26-59/h12-30,32-39,50,56-57,63,65,71-78,84,96,109-110H,10-11,31,40-49,51-55H2,1-9H3,(H2,95,113)(H,97,118)(H,98,114)(H,99,115)(H,100,120)(H,101,121)(H,102,119)(H,103,123)(H,104,122)(H,116,117)/t63-,65+,71+,72?,73+,74+,75+,76+,77+,78+,84+/m1/s1. The summed E-state index contributed by atoms with van der Waals surface area (Å²) < 4.78 is 0. The van der Waals surface area contributed by atoms with Crippen LogP contribution in [0.2, 0.25) is 0 Å². The smallest absolute Gasteiger partial charge is 0.305 e. The summed E-state index contributed by atoms with van der Waals surface area (Å²) in [6.45, 7) is 6.32. The molecule has 14 N–H and O–H groups in total. The number of H-pyrrole nitrogens is 1. The molecule has 0 radical (unpaired) electrons. The van der Waals surface area contributed by atoms with Gasteiger partial charge in [0.25, 0.3) is 0 Å². The van der Waals surface area contributed by atoms with Crippen molar-refractivity contribution in [3.05, 3.63) is 203 Å². The van der Waals surface area contributed by atoms with E-state index in [1.54, 1.807) is 149 Å². The van der Waals surface area contributed by atoms with Crippen molar-refractivity contribution in [1.82, 2.24) is 67.1 Å². The summed E-state index contributed by atoms with van der Waals surface area (Å²) in [4.78, 5) is 242. The number of nitrogens with zero attached hydrogens (tertiary/aromatic N) is 4. The number of phenols is 2. The number of phenolic OH excluding ortho intramolecular Hbond substituents is 2. The highest BCUT2D eigenvalue weighted by Gasteiger charge is 2.41. The number of likely N-dealkylation sites (N-methyl/N-ethyl adjacent to an activating group) is 4. The van der Waals surface area contributed by atoms with Crippen molar-refractivity contribution >= 4 is 117 Å². The lowest BCUT2D eigenvalue weighted by molar-refractivity contribution is -0.147. The first kappa shape index (κ1) is 100. The van der Waals surface area contributed by atoms with Gasteiger partial charge in [0, 0.05) is 102 Å². The second-order valence-corrected chi connectivity index (χ2v) is 34.3. The summed E-state index contributed by atoms with van der Waals surface area (Å²) in [5.74, 6) is -18.7. The van der Waals surface area contributed by atoms with Crippen molar-refractivity contribution < 1.29 is 92.0 Å². The summed E-state index contributed by atoms with van der Waals surface area (Å²) in [6.07, 6.45) is -0.613. The Labute approximate surface area is 748 Å². The number of ketones is 2. The van der Waals surface area contributed by atoms with Gasteiger partial charge in [0.1, 0.15) is 65.6 Å². The van der Waals surface area contributed by atoms with Crippen LogP contribution in [0.3, 0.4) is 0 Å². The molecule has 1 fully saturated rings. The van der Waals surface area contributed by atoms with Crippen molar-refractivity contribution in [1.29, 1.82) is 0 Å². The number of hydrogen-bond donors (Lipinski definition) is 13. The number of carbonyl (C=O) groups is 16. The first-order chi connectivity index (χ1) is 60.9. The molecule has 2 heterocycles. The van der Waals surface area contributed by atoms with E-state index >= 15 is 38.4 Å². The number of para-hydroxylation sites is 1. The second kappa shape index (κ2) is 49.0. The molecule has 34 heteroatoms. The molecule has 8 rings (SSSR count). The number of nitrogens with two attached hydrogens (primary N) is 1. The minimum absolute atomic E-state index is 0.0160. The van der Waals surface area contributed by atoms with Gasteiger partial charge in [-0.1, -0.05) is 181 Å². The number of carboxylic acids is 1. The zero-order valence-electron chi connectivity index (χ0n) is 73.5. The number of carbonyl (C=O) groups excluding carboxylic acids is 15. The van der Waals surface area contributed by atoms with Gasteiger partial charge in [-0.25, -0.2) is 0 Å². The SMILES string of the molecule is CCCC[C@H]1C(=O)N(C)CC(=O)N[C@@H](CC(=O)O)C(=O)N[C@@H](C(C)C)C(=O)N(C)[C@@H](Cc2ccccc2)C(=O)N[C@@H](Cc2ccc(O)cc2)C(=O)N(C)CC(=O)N[C@@H](Cc2c[nH]c3ccccc23)C(=O)NC(Cc2ccc(O)cc2)C(=O)N[C@@H](CC(C)C)C(=O)C[C@H](C(=O)NCC(N)=O)CSCC(=O)C[C@@H](Cc2ccccc2)C(=O)N[C@@H](Cc2ccccc2)C(=O)N1C. The predicted molar refractivity (Wildman–Crippen MR) is 480 cm³/mol. The molecule has 0 aliphatic carbocycles. The summed E-state index contributed by atoms with van der Waals surface area (Å²) in [5.41, 5.74) is 9.25. The quantitative estimate of drug-likeness (QED) is 0.0427. The molecule has 1 aliphatic rings. The summed E-state index contributed by atoms with van der Waals surface area (Å²) in [7, 11) is 5.18. The number of nitrogens with one attached hydrogen (secondary N) is 9. The number of rotatable bonds is 23. The number of thioether (sulfide) groups is 1. The minimum Gasteiger partial charge on any atom is -0.508 e. The van der Waals surface area contributed by atoms with Crippen LogP contribution >= 0.6 is 11.8 Å². The van der Waals surface area contributed by atoms with Crippen molar-refractivity contribution in [2.45, 2.75) is 172 Å². The van der Waals surface area contributed by atoms with Gasteiger partial charge >= 0.3 is 5.97 Å². The van der Waals surface area contributed by atoms with Gasteiger partial charge in [0.15, 0.2) is 5.78 Å². The van der Waals surface area contributed by atoms with E-state index in [9.17, 15) is 53.7 Å². The average Bonchev–Trinajstić information content (AvgIpc) is 1.23. The Bertz CT molecular complexity index is 5020. The molecule has 0 bridgehead atoms. The molecular weight excluding hydrogens is 1660 g/mol. The van der Waals surface area contributed by atoms with E-state index < -0.39 is 205 Å². The number of aromatic amines is 1. The molecular formula is C94H118N14O19S. The maximum Gasteiger partial charge on any atom is 0.305 e. The molecule has 7 aromatic rings. The van der Waals surface area contributed by atoms with E-state index in [0.717, 1.165) is 26.5 Å². The number of aromatic hydroxyl groups is 2. The summed E-state index contributed by atoms with van der Waals surface area (Å²) in [6, 6.07) is 30.7. The van der Waals surface area contributed by atoms with Crippen LogP contribution in [-0.4, -0.2) is 248 Å². The zero-order chi connectivity index (χ0) is 93.4. The molecule has 1 aromatic heterocycles.